The summed E-state index contributed by atoms with van der Waals surface area (Å²) in [6.07, 6.45) is 2.24. The Labute approximate surface area is 108 Å². The van der Waals surface area contributed by atoms with Gasteiger partial charge in [0.15, 0.2) is 5.76 Å². The van der Waals surface area contributed by atoms with Crippen LogP contribution in [0.3, 0.4) is 0 Å². The van der Waals surface area contributed by atoms with Crippen LogP contribution in [0.2, 0.25) is 0 Å². The summed E-state index contributed by atoms with van der Waals surface area (Å²) in [4.78, 5) is 2.27. The molecule has 1 aromatic rings. The Morgan fingerprint density at radius 3 is 3.17 bits per heavy atom. The highest BCUT2D eigenvalue weighted by atomic mass is 16.5. The van der Waals surface area contributed by atoms with Gasteiger partial charge in [0.2, 0.25) is 0 Å². The van der Waals surface area contributed by atoms with E-state index >= 15 is 0 Å². The van der Waals surface area contributed by atoms with E-state index in [1.807, 2.05) is 6.07 Å². The van der Waals surface area contributed by atoms with E-state index in [-0.39, 0.29) is 0 Å². The molecule has 2 rings (SSSR count). The molecule has 0 spiro atoms. The molecule has 18 heavy (non-hydrogen) atoms. The molecule has 0 aliphatic carbocycles. The molecule has 1 N–H and O–H groups in total. The number of nitrogens with one attached hydrogen (secondary N) is 1. The molecule has 1 aromatic heterocycles. The molecule has 1 unspecified atom stereocenters. The molecular formula is C13H23N3O2. The molecule has 1 saturated heterocycles. The standard InChI is InChI=1S/C13H23N3O2/c1-3-5-14-8-11-7-13(18-15-11)9-16(2)12-4-6-17-10-12/h7,12,14H,3-6,8-10H2,1-2H3. The van der Waals surface area contributed by atoms with Crippen LogP contribution in [0, 0.1) is 0 Å². The van der Waals surface area contributed by atoms with Crippen LogP contribution in [0.1, 0.15) is 31.2 Å². The zero-order valence-electron chi connectivity index (χ0n) is 11.3. The van der Waals surface area contributed by atoms with Crippen LogP contribution in [-0.2, 0) is 17.8 Å². The van der Waals surface area contributed by atoms with Crippen molar-refractivity contribution in [3.8, 4) is 0 Å². The lowest BCUT2D eigenvalue weighted by Crippen LogP contribution is -2.31. The first-order valence-corrected chi connectivity index (χ1v) is 6.72. The molecule has 0 radical (unpaired) electrons. The van der Waals surface area contributed by atoms with Gasteiger partial charge in [0.1, 0.15) is 0 Å². The first kappa shape index (κ1) is 13.5. The normalized spacial score (nSPS) is 19.8. The van der Waals surface area contributed by atoms with E-state index in [1.54, 1.807) is 0 Å². The third-order valence-electron chi connectivity index (χ3n) is 3.27. The van der Waals surface area contributed by atoms with E-state index in [9.17, 15) is 0 Å². The van der Waals surface area contributed by atoms with E-state index in [0.29, 0.717) is 6.04 Å². The number of hydrogen-bond acceptors (Lipinski definition) is 5. The second kappa shape index (κ2) is 6.87. The number of nitrogens with zero attached hydrogens (tertiary/aromatic N) is 2. The topological polar surface area (TPSA) is 50.5 Å². The quantitative estimate of drug-likeness (QED) is 0.744. The first-order chi connectivity index (χ1) is 8.79. The van der Waals surface area contributed by atoms with Crippen LogP contribution in [0.4, 0.5) is 0 Å². The van der Waals surface area contributed by atoms with Gasteiger partial charge in [-0.05, 0) is 26.4 Å². The van der Waals surface area contributed by atoms with E-state index in [1.165, 1.54) is 0 Å². The summed E-state index contributed by atoms with van der Waals surface area (Å²) < 4.78 is 10.7. The zero-order chi connectivity index (χ0) is 12.8. The minimum atomic E-state index is 0.511. The monoisotopic (exact) mass is 253 g/mol. The van der Waals surface area contributed by atoms with E-state index in [2.05, 4.69) is 29.3 Å². The van der Waals surface area contributed by atoms with Crippen molar-refractivity contribution in [2.24, 2.45) is 0 Å². The second-order valence-corrected chi connectivity index (χ2v) is 4.89. The molecule has 5 nitrogen and oxygen atoms in total. The van der Waals surface area contributed by atoms with Crippen molar-refractivity contribution in [2.45, 2.75) is 38.9 Å². The van der Waals surface area contributed by atoms with E-state index in [4.69, 9.17) is 9.26 Å². The molecule has 0 bridgehead atoms. The highest BCUT2D eigenvalue weighted by Gasteiger charge is 2.21. The van der Waals surface area contributed by atoms with Gasteiger partial charge in [0.25, 0.3) is 0 Å². The van der Waals surface area contributed by atoms with Crippen molar-refractivity contribution >= 4 is 0 Å². The van der Waals surface area contributed by atoms with Crippen molar-refractivity contribution < 1.29 is 9.26 Å². The third-order valence-corrected chi connectivity index (χ3v) is 3.27. The fourth-order valence-electron chi connectivity index (χ4n) is 2.15. The molecule has 1 atom stereocenters. The third kappa shape index (κ3) is 3.80. The van der Waals surface area contributed by atoms with Crippen LogP contribution < -0.4 is 5.32 Å². The Hall–Kier alpha value is -0.910. The minimum Gasteiger partial charge on any atom is -0.380 e. The van der Waals surface area contributed by atoms with Crippen LogP contribution in [0.25, 0.3) is 0 Å². The summed E-state index contributed by atoms with van der Waals surface area (Å²) in [5.74, 6) is 0.928. The zero-order valence-corrected chi connectivity index (χ0v) is 11.3. The molecule has 1 fully saturated rings. The lowest BCUT2D eigenvalue weighted by Gasteiger charge is -2.20. The maximum Gasteiger partial charge on any atom is 0.151 e. The molecule has 1 aliphatic rings. The molecular weight excluding hydrogens is 230 g/mol. The average molecular weight is 253 g/mol. The highest BCUT2D eigenvalue weighted by Crippen LogP contribution is 2.14. The fourth-order valence-corrected chi connectivity index (χ4v) is 2.15. The highest BCUT2D eigenvalue weighted by molar-refractivity contribution is 5.05. The van der Waals surface area contributed by atoms with Gasteiger partial charge in [-0.2, -0.15) is 0 Å². The van der Waals surface area contributed by atoms with Gasteiger partial charge < -0.3 is 14.6 Å². The Kier molecular flexibility index (Phi) is 5.16. The summed E-state index contributed by atoms with van der Waals surface area (Å²) >= 11 is 0. The lowest BCUT2D eigenvalue weighted by atomic mass is 10.2. The predicted molar refractivity (Wildman–Crippen MR) is 69.2 cm³/mol. The Morgan fingerprint density at radius 1 is 1.56 bits per heavy atom. The first-order valence-electron chi connectivity index (χ1n) is 6.72. The molecule has 102 valence electrons. The van der Waals surface area contributed by atoms with Crippen LogP contribution >= 0.6 is 0 Å². The molecule has 0 saturated carbocycles. The van der Waals surface area contributed by atoms with Gasteiger partial charge >= 0.3 is 0 Å². The fraction of sp³-hybridized carbons (Fsp3) is 0.769. The molecule has 0 amide bonds. The summed E-state index contributed by atoms with van der Waals surface area (Å²) in [6, 6.07) is 2.55. The van der Waals surface area contributed by atoms with Gasteiger partial charge in [0.05, 0.1) is 18.8 Å². The maximum absolute atomic E-state index is 5.39. The SMILES string of the molecule is CCCNCc1cc(CN(C)C2CCOC2)on1. The lowest BCUT2D eigenvalue weighted by molar-refractivity contribution is 0.150. The summed E-state index contributed by atoms with van der Waals surface area (Å²) in [6.45, 7) is 6.46. The summed E-state index contributed by atoms with van der Waals surface area (Å²) in [5.41, 5.74) is 0.981. The van der Waals surface area contributed by atoms with Crippen molar-refractivity contribution in [3.05, 3.63) is 17.5 Å². The van der Waals surface area contributed by atoms with Crippen molar-refractivity contribution in [1.29, 1.82) is 0 Å². The average Bonchev–Trinajstić information content (AvgIpc) is 3.00. The van der Waals surface area contributed by atoms with Gasteiger partial charge in [-0.25, -0.2) is 0 Å². The van der Waals surface area contributed by atoms with Gasteiger partial charge in [-0.3, -0.25) is 4.90 Å². The van der Waals surface area contributed by atoms with Gasteiger partial charge in [-0.1, -0.05) is 12.1 Å². The summed E-state index contributed by atoms with van der Waals surface area (Å²) in [5, 5.41) is 7.39. The smallest absolute Gasteiger partial charge is 0.151 e. The second-order valence-electron chi connectivity index (χ2n) is 4.89. The van der Waals surface area contributed by atoms with Gasteiger partial charge in [0, 0.05) is 25.3 Å². The molecule has 5 heteroatoms. The number of hydrogen-bond donors (Lipinski definition) is 1. The van der Waals surface area contributed by atoms with Crippen molar-refractivity contribution in [1.82, 2.24) is 15.4 Å². The van der Waals surface area contributed by atoms with Crippen LogP contribution in [-0.4, -0.2) is 42.9 Å². The van der Waals surface area contributed by atoms with E-state index < -0.39 is 0 Å². The number of ether oxygens (including phenoxy) is 1. The number of rotatable bonds is 7. The maximum atomic E-state index is 5.39. The number of likely N-dealkylation sites (N-methyl/N-ethyl adjacent to an activating group) is 1. The Balaban J connectivity index is 1.78. The van der Waals surface area contributed by atoms with Crippen molar-refractivity contribution in [3.63, 3.8) is 0 Å². The summed E-state index contributed by atoms with van der Waals surface area (Å²) in [7, 11) is 2.11. The number of aromatic nitrogens is 1. The van der Waals surface area contributed by atoms with Gasteiger partial charge in [-0.15, -0.1) is 0 Å². The largest absolute Gasteiger partial charge is 0.380 e. The minimum absolute atomic E-state index is 0.511. The molecule has 1 aliphatic heterocycles. The molecule has 2 heterocycles. The van der Waals surface area contributed by atoms with E-state index in [0.717, 1.165) is 57.1 Å². The molecule has 0 aromatic carbocycles. The van der Waals surface area contributed by atoms with Crippen molar-refractivity contribution in [2.75, 3.05) is 26.8 Å². The van der Waals surface area contributed by atoms with Crippen LogP contribution in [0.5, 0.6) is 0 Å². The predicted octanol–water partition coefficient (Wildman–Crippen LogP) is 1.39. The van der Waals surface area contributed by atoms with Crippen LogP contribution in [0.15, 0.2) is 10.6 Å². The Morgan fingerprint density at radius 2 is 2.44 bits per heavy atom. The Bertz CT molecular complexity index is 348.